The number of halogens is 1. The lowest BCUT2D eigenvalue weighted by Crippen LogP contribution is -1.88. The Labute approximate surface area is 154 Å². The molecule has 0 aliphatic carbocycles. The summed E-state index contributed by atoms with van der Waals surface area (Å²) >= 11 is 7.51. The topological polar surface area (TPSA) is 51.8 Å². The third-order valence-corrected chi connectivity index (χ3v) is 4.87. The summed E-state index contributed by atoms with van der Waals surface area (Å²) in [5, 5.41) is 7.74. The zero-order valence-corrected chi connectivity index (χ0v) is 15.0. The maximum absolute atomic E-state index is 5.93. The van der Waals surface area contributed by atoms with Crippen molar-refractivity contribution >= 4 is 22.9 Å². The molecule has 0 spiro atoms. The number of thiazole rings is 1. The van der Waals surface area contributed by atoms with E-state index in [9.17, 15) is 0 Å². The zero-order valence-electron chi connectivity index (χ0n) is 13.4. The van der Waals surface area contributed by atoms with Gasteiger partial charge in [-0.2, -0.15) is 4.98 Å². The molecule has 2 heterocycles. The first-order valence-corrected chi connectivity index (χ1v) is 9.03. The van der Waals surface area contributed by atoms with Gasteiger partial charge in [0.1, 0.15) is 5.01 Å². The Balaban J connectivity index is 1.51. The molecule has 0 unspecified atom stereocenters. The molecular weight excluding hydrogens is 354 g/mol. The van der Waals surface area contributed by atoms with Crippen molar-refractivity contribution in [2.24, 2.45) is 0 Å². The predicted molar refractivity (Wildman–Crippen MR) is 99.8 cm³/mol. The van der Waals surface area contributed by atoms with Gasteiger partial charge in [-0.05, 0) is 19.1 Å². The van der Waals surface area contributed by atoms with E-state index in [2.05, 4.69) is 15.1 Å². The Kier molecular flexibility index (Phi) is 4.34. The minimum Gasteiger partial charge on any atom is -0.339 e. The summed E-state index contributed by atoms with van der Waals surface area (Å²) in [6, 6.07) is 15.7. The largest absolute Gasteiger partial charge is 0.339 e. The Morgan fingerprint density at radius 1 is 0.960 bits per heavy atom. The van der Waals surface area contributed by atoms with Crippen molar-refractivity contribution in [3.05, 3.63) is 75.4 Å². The molecule has 4 aromatic rings. The first-order chi connectivity index (χ1) is 12.2. The van der Waals surface area contributed by atoms with Crippen LogP contribution in [-0.2, 0) is 6.42 Å². The highest BCUT2D eigenvalue weighted by molar-refractivity contribution is 7.10. The monoisotopic (exact) mass is 367 g/mol. The lowest BCUT2D eigenvalue weighted by Gasteiger charge is -1.96. The van der Waals surface area contributed by atoms with Gasteiger partial charge in [0, 0.05) is 21.5 Å². The number of rotatable bonds is 4. The predicted octanol–water partition coefficient (Wildman–Crippen LogP) is 5.41. The summed E-state index contributed by atoms with van der Waals surface area (Å²) in [4.78, 5) is 9.12. The van der Waals surface area contributed by atoms with Crippen LogP contribution >= 0.6 is 22.9 Å². The summed E-state index contributed by atoms with van der Waals surface area (Å²) in [5.41, 5.74) is 4.11. The van der Waals surface area contributed by atoms with E-state index in [1.165, 1.54) is 5.56 Å². The van der Waals surface area contributed by atoms with Crippen molar-refractivity contribution in [3.63, 3.8) is 0 Å². The van der Waals surface area contributed by atoms with Crippen LogP contribution in [0.25, 0.3) is 22.6 Å². The molecular formula is C19H14ClN3OS. The van der Waals surface area contributed by atoms with Gasteiger partial charge >= 0.3 is 0 Å². The van der Waals surface area contributed by atoms with E-state index in [0.717, 1.165) is 21.8 Å². The molecule has 0 aliphatic rings. The van der Waals surface area contributed by atoms with E-state index in [-0.39, 0.29) is 0 Å². The molecule has 0 fully saturated rings. The Bertz CT molecular complexity index is 908. The van der Waals surface area contributed by atoms with E-state index < -0.39 is 0 Å². The molecule has 2 aromatic heterocycles. The molecule has 4 rings (SSSR count). The standard InChI is InChI=1S/C19H14ClN3OS/c1-12-2-4-14(5-3-12)19-22-17(24-23-19)10-18-21-16(11-25-18)13-6-8-15(20)9-7-13/h2-9,11H,10H2,1H3. The molecule has 0 aliphatic heterocycles. The van der Waals surface area contributed by atoms with E-state index >= 15 is 0 Å². The van der Waals surface area contributed by atoms with Crippen LogP contribution in [0, 0.1) is 6.92 Å². The molecule has 2 aromatic carbocycles. The lowest BCUT2D eigenvalue weighted by atomic mass is 10.1. The molecule has 6 heteroatoms. The number of aryl methyl sites for hydroxylation is 1. The minimum atomic E-state index is 0.525. The van der Waals surface area contributed by atoms with Gasteiger partial charge in [-0.1, -0.05) is 58.7 Å². The van der Waals surface area contributed by atoms with Crippen molar-refractivity contribution < 1.29 is 4.52 Å². The lowest BCUT2D eigenvalue weighted by molar-refractivity contribution is 0.385. The molecule has 0 bridgehead atoms. The Morgan fingerprint density at radius 3 is 2.44 bits per heavy atom. The van der Waals surface area contributed by atoms with Crippen molar-refractivity contribution in [1.29, 1.82) is 0 Å². The maximum Gasteiger partial charge on any atom is 0.233 e. The second-order valence-corrected chi connectivity index (χ2v) is 7.07. The highest BCUT2D eigenvalue weighted by Crippen LogP contribution is 2.25. The molecule has 0 N–H and O–H groups in total. The molecule has 0 amide bonds. The van der Waals surface area contributed by atoms with Crippen LogP contribution in [-0.4, -0.2) is 15.1 Å². The van der Waals surface area contributed by atoms with Gasteiger partial charge in [0.05, 0.1) is 12.1 Å². The third-order valence-electron chi connectivity index (χ3n) is 3.77. The Hall–Kier alpha value is -2.50. The molecule has 4 nitrogen and oxygen atoms in total. The van der Waals surface area contributed by atoms with Crippen LogP contribution in [0.2, 0.25) is 5.02 Å². The SMILES string of the molecule is Cc1ccc(-c2noc(Cc3nc(-c4ccc(Cl)cc4)cs3)n2)cc1. The summed E-state index contributed by atoms with van der Waals surface area (Å²) in [7, 11) is 0. The van der Waals surface area contributed by atoms with Crippen molar-refractivity contribution in [3.8, 4) is 22.6 Å². The van der Waals surface area contributed by atoms with Gasteiger partial charge in [0.25, 0.3) is 0 Å². The van der Waals surface area contributed by atoms with Crippen molar-refractivity contribution in [1.82, 2.24) is 15.1 Å². The Morgan fingerprint density at radius 2 is 1.68 bits per heavy atom. The molecule has 0 atom stereocenters. The van der Waals surface area contributed by atoms with Crippen LogP contribution in [0.5, 0.6) is 0 Å². The number of aromatic nitrogens is 3. The molecule has 0 radical (unpaired) electrons. The number of benzene rings is 2. The minimum absolute atomic E-state index is 0.525. The van der Waals surface area contributed by atoms with E-state index in [0.29, 0.717) is 23.2 Å². The fourth-order valence-corrected chi connectivity index (χ4v) is 3.34. The average Bonchev–Trinajstić information content (AvgIpc) is 3.27. The number of hydrogen-bond acceptors (Lipinski definition) is 5. The van der Waals surface area contributed by atoms with Crippen molar-refractivity contribution in [2.45, 2.75) is 13.3 Å². The second kappa shape index (κ2) is 6.78. The van der Waals surface area contributed by atoms with E-state index in [1.807, 2.05) is 60.8 Å². The van der Waals surface area contributed by atoms with Crippen LogP contribution in [0.3, 0.4) is 0 Å². The third kappa shape index (κ3) is 3.62. The van der Waals surface area contributed by atoms with Crippen LogP contribution < -0.4 is 0 Å². The van der Waals surface area contributed by atoms with Gasteiger partial charge in [-0.15, -0.1) is 11.3 Å². The van der Waals surface area contributed by atoms with E-state index in [4.69, 9.17) is 16.1 Å². The smallest absolute Gasteiger partial charge is 0.233 e. The summed E-state index contributed by atoms with van der Waals surface area (Å²) in [6.07, 6.45) is 0.525. The number of nitrogens with zero attached hydrogens (tertiary/aromatic N) is 3. The molecule has 0 saturated carbocycles. The summed E-state index contributed by atoms with van der Waals surface area (Å²) in [5.74, 6) is 1.16. The molecule has 25 heavy (non-hydrogen) atoms. The average molecular weight is 368 g/mol. The van der Waals surface area contributed by atoms with Crippen LogP contribution in [0.1, 0.15) is 16.5 Å². The van der Waals surface area contributed by atoms with Gasteiger partial charge in [-0.3, -0.25) is 0 Å². The highest BCUT2D eigenvalue weighted by Gasteiger charge is 2.12. The van der Waals surface area contributed by atoms with Gasteiger partial charge < -0.3 is 4.52 Å². The molecule has 0 saturated heterocycles. The summed E-state index contributed by atoms with van der Waals surface area (Å²) < 4.78 is 5.37. The fourth-order valence-electron chi connectivity index (χ4n) is 2.42. The van der Waals surface area contributed by atoms with Crippen LogP contribution in [0.15, 0.2) is 58.4 Å². The number of hydrogen-bond donors (Lipinski definition) is 0. The second-order valence-electron chi connectivity index (χ2n) is 5.69. The first kappa shape index (κ1) is 16.0. The molecule has 124 valence electrons. The first-order valence-electron chi connectivity index (χ1n) is 7.77. The fraction of sp³-hybridized carbons (Fsp3) is 0.105. The summed E-state index contributed by atoms with van der Waals surface area (Å²) in [6.45, 7) is 2.05. The van der Waals surface area contributed by atoms with Crippen LogP contribution in [0.4, 0.5) is 0 Å². The van der Waals surface area contributed by atoms with Gasteiger partial charge in [0.15, 0.2) is 0 Å². The normalized spacial score (nSPS) is 11.0. The van der Waals surface area contributed by atoms with Gasteiger partial charge in [0.2, 0.25) is 11.7 Å². The van der Waals surface area contributed by atoms with E-state index in [1.54, 1.807) is 11.3 Å². The quantitative estimate of drug-likeness (QED) is 0.483. The maximum atomic E-state index is 5.93. The van der Waals surface area contributed by atoms with Crippen molar-refractivity contribution in [2.75, 3.05) is 0 Å². The van der Waals surface area contributed by atoms with Gasteiger partial charge in [-0.25, -0.2) is 4.98 Å². The highest BCUT2D eigenvalue weighted by atomic mass is 35.5. The zero-order chi connectivity index (χ0) is 17.2.